The van der Waals surface area contributed by atoms with Gasteiger partial charge >= 0.3 is 0 Å². The third kappa shape index (κ3) is 4.38. The Hall–Kier alpha value is -3.06. The molecule has 1 N–H and O–H groups in total. The number of amides is 1. The van der Waals surface area contributed by atoms with Crippen molar-refractivity contribution < 1.29 is 9.32 Å². The molecule has 0 spiro atoms. The van der Waals surface area contributed by atoms with Crippen LogP contribution in [-0.2, 0) is 11.3 Å². The lowest BCUT2D eigenvalue weighted by molar-refractivity contribution is -0.121. The molecule has 1 aliphatic heterocycles. The van der Waals surface area contributed by atoms with Gasteiger partial charge in [-0.05, 0) is 38.1 Å². The summed E-state index contributed by atoms with van der Waals surface area (Å²) in [5.41, 5.74) is 1.68. The molecule has 1 saturated heterocycles. The Kier molecular flexibility index (Phi) is 5.20. The molecule has 7 nitrogen and oxygen atoms in total. The fraction of sp³-hybridized carbons (Fsp3) is 0.300. The van der Waals surface area contributed by atoms with E-state index in [1.807, 2.05) is 42.5 Å². The molecule has 0 radical (unpaired) electrons. The number of carbonyl (C=O) groups is 1. The number of piperidine rings is 1. The van der Waals surface area contributed by atoms with E-state index in [2.05, 4.69) is 25.3 Å². The third-order valence-corrected chi connectivity index (χ3v) is 4.75. The first-order valence-corrected chi connectivity index (χ1v) is 9.09. The van der Waals surface area contributed by atoms with E-state index in [1.165, 1.54) is 0 Å². The van der Waals surface area contributed by atoms with E-state index in [1.54, 1.807) is 12.4 Å². The number of carbonyl (C=O) groups excluding carboxylic acids is 1. The Morgan fingerprint density at radius 3 is 2.70 bits per heavy atom. The minimum absolute atomic E-state index is 0.0176. The molecular weight excluding hydrogens is 342 g/mol. The Morgan fingerprint density at radius 1 is 1.15 bits per heavy atom. The average Bonchev–Trinajstić information content (AvgIpc) is 3.18. The number of nitrogens with one attached hydrogen (secondary N) is 1. The lowest BCUT2D eigenvalue weighted by Crippen LogP contribution is -2.37. The standard InChI is InChI=1S/C20H21N5O2/c26-20(22-17-7-4-10-21-13-17)16-8-11-25(12-9-16)14-18-23-19(24-27-18)15-5-2-1-3-6-15/h1-7,10,13,16H,8-9,11-12,14H2,(H,22,26). The maximum Gasteiger partial charge on any atom is 0.241 e. The highest BCUT2D eigenvalue weighted by molar-refractivity contribution is 5.92. The quantitative estimate of drug-likeness (QED) is 0.750. The number of hydrogen-bond acceptors (Lipinski definition) is 6. The van der Waals surface area contributed by atoms with Gasteiger partial charge in [0.2, 0.25) is 17.6 Å². The smallest absolute Gasteiger partial charge is 0.241 e. The van der Waals surface area contributed by atoms with Crippen molar-refractivity contribution in [1.29, 1.82) is 0 Å². The first-order chi connectivity index (χ1) is 13.3. The summed E-state index contributed by atoms with van der Waals surface area (Å²) in [5.74, 6) is 1.29. The van der Waals surface area contributed by atoms with Crippen molar-refractivity contribution >= 4 is 11.6 Å². The number of hydrogen-bond donors (Lipinski definition) is 1. The van der Waals surface area contributed by atoms with Crippen LogP contribution in [0.4, 0.5) is 5.69 Å². The van der Waals surface area contributed by atoms with Gasteiger partial charge in [-0.2, -0.15) is 4.98 Å². The van der Waals surface area contributed by atoms with Crippen molar-refractivity contribution in [1.82, 2.24) is 20.0 Å². The molecule has 0 bridgehead atoms. The second kappa shape index (κ2) is 8.09. The van der Waals surface area contributed by atoms with Crippen LogP contribution >= 0.6 is 0 Å². The molecule has 2 aromatic heterocycles. The van der Waals surface area contributed by atoms with Gasteiger partial charge in [-0.3, -0.25) is 14.7 Å². The number of likely N-dealkylation sites (tertiary alicyclic amines) is 1. The minimum Gasteiger partial charge on any atom is -0.338 e. The van der Waals surface area contributed by atoms with Crippen molar-refractivity contribution in [3.63, 3.8) is 0 Å². The van der Waals surface area contributed by atoms with E-state index in [-0.39, 0.29) is 11.8 Å². The van der Waals surface area contributed by atoms with Gasteiger partial charge in [0.15, 0.2) is 0 Å². The van der Waals surface area contributed by atoms with Crippen LogP contribution in [0.15, 0.2) is 59.4 Å². The van der Waals surface area contributed by atoms with E-state index in [0.717, 1.165) is 37.2 Å². The lowest BCUT2D eigenvalue weighted by atomic mass is 9.96. The van der Waals surface area contributed by atoms with Crippen LogP contribution in [-0.4, -0.2) is 39.0 Å². The molecule has 0 unspecified atom stereocenters. The predicted octanol–water partition coefficient (Wildman–Crippen LogP) is 2.98. The molecule has 1 aromatic carbocycles. The molecule has 27 heavy (non-hydrogen) atoms. The predicted molar refractivity (Wildman–Crippen MR) is 101 cm³/mol. The largest absolute Gasteiger partial charge is 0.338 e. The fourth-order valence-corrected chi connectivity index (χ4v) is 3.25. The summed E-state index contributed by atoms with van der Waals surface area (Å²) in [5, 5.41) is 7.00. The van der Waals surface area contributed by atoms with Crippen LogP contribution in [0.25, 0.3) is 11.4 Å². The monoisotopic (exact) mass is 363 g/mol. The van der Waals surface area contributed by atoms with E-state index in [4.69, 9.17) is 4.52 Å². The fourth-order valence-electron chi connectivity index (χ4n) is 3.25. The summed E-state index contributed by atoms with van der Waals surface area (Å²) in [6, 6.07) is 13.4. The Bertz CT molecular complexity index is 874. The van der Waals surface area contributed by atoms with Crippen LogP contribution in [0.3, 0.4) is 0 Å². The second-order valence-electron chi connectivity index (χ2n) is 6.66. The van der Waals surface area contributed by atoms with Crippen LogP contribution in [0.1, 0.15) is 18.7 Å². The van der Waals surface area contributed by atoms with Crippen molar-refractivity contribution in [3.05, 3.63) is 60.7 Å². The van der Waals surface area contributed by atoms with Crippen molar-refractivity contribution in [2.75, 3.05) is 18.4 Å². The number of benzene rings is 1. The van der Waals surface area contributed by atoms with E-state index < -0.39 is 0 Å². The van der Waals surface area contributed by atoms with Crippen molar-refractivity contribution in [2.24, 2.45) is 5.92 Å². The highest BCUT2D eigenvalue weighted by Crippen LogP contribution is 2.21. The summed E-state index contributed by atoms with van der Waals surface area (Å²) < 4.78 is 5.39. The van der Waals surface area contributed by atoms with Gasteiger partial charge in [-0.25, -0.2) is 0 Å². The first kappa shape index (κ1) is 17.4. The topological polar surface area (TPSA) is 84.2 Å². The molecular formula is C20H21N5O2. The van der Waals surface area contributed by atoms with Crippen molar-refractivity contribution in [2.45, 2.75) is 19.4 Å². The number of anilines is 1. The second-order valence-corrected chi connectivity index (χ2v) is 6.66. The zero-order valence-electron chi connectivity index (χ0n) is 14.9. The number of rotatable bonds is 5. The SMILES string of the molecule is O=C(Nc1cccnc1)C1CCN(Cc2nc(-c3ccccc3)no2)CC1. The van der Waals surface area contributed by atoms with Crippen LogP contribution in [0.5, 0.6) is 0 Å². The maximum absolute atomic E-state index is 12.4. The van der Waals surface area contributed by atoms with Gasteiger partial charge in [0, 0.05) is 17.7 Å². The molecule has 1 aliphatic rings. The summed E-state index contributed by atoms with van der Waals surface area (Å²) in [7, 11) is 0. The van der Waals surface area contributed by atoms with Crippen LogP contribution in [0, 0.1) is 5.92 Å². The Morgan fingerprint density at radius 2 is 1.96 bits per heavy atom. The van der Waals surface area contributed by atoms with Gasteiger partial charge in [-0.1, -0.05) is 35.5 Å². The summed E-state index contributed by atoms with van der Waals surface area (Å²) in [4.78, 5) is 23.1. The maximum atomic E-state index is 12.4. The molecule has 7 heteroatoms. The van der Waals surface area contributed by atoms with Gasteiger partial charge in [0.25, 0.3) is 0 Å². The molecule has 1 amide bonds. The molecule has 0 atom stereocenters. The lowest BCUT2D eigenvalue weighted by Gasteiger charge is -2.30. The summed E-state index contributed by atoms with van der Waals surface area (Å²) in [6.07, 6.45) is 4.97. The van der Waals surface area contributed by atoms with E-state index >= 15 is 0 Å². The van der Waals surface area contributed by atoms with Gasteiger partial charge in [0.05, 0.1) is 18.4 Å². The van der Waals surface area contributed by atoms with Gasteiger partial charge < -0.3 is 9.84 Å². The summed E-state index contributed by atoms with van der Waals surface area (Å²) in [6.45, 7) is 2.26. The van der Waals surface area contributed by atoms with E-state index in [0.29, 0.717) is 18.3 Å². The highest BCUT2D eigenvalue weighted by atomic mass is 16.5. The Balaban J connectivity index is 1.28. The van der Waals surface area contributed by atoms with Gasteiger partial charge in [0.1, 0.15) is 0 Å². The molecule has 4 rings (SSSR count). The summed E-state index contributed by atoms with van der Waals surface area (Å²) >= 11 is 0. The van der Waals surface area contributed by atoms with Crippen molar-refractivity contribution in [3.8, 4) is 11.4 Å². The first-order valence-electron chi connectivity index (χ1n) is 9.09. The van der Waals surface area contributed by atoms with Crippen LogP contribution < -0.4 is 5.32 Å². The molecule has 138 valence electrons. The molecule has 0 saturated carbocycles. The average molecular weight is 363 g/mol. The molecule has 3 aromatic rings. The number of aromatic nitrogens is 3. The zero-order chi connectivity index (χ0) is 18.5. The number of pyridine rings is 1. The normalized spacial score (nSPS) is 15.6. The zero-order valence-corrected chi connectivity index (χ0v) is 14.9. The van der Waals surface area contributed by atoms with Crippen LogP contribution in [0.2, 0.25) is 0 Å². The minimum atomic E-state index is 0.0176. The third-order valence-electron chi connectivity index (χ3n) is 4.75. The van der Waals surface area contributed by atoms with Gasteiger partial charge in [-0.15, -0.1) is 0 Å². The molecule has 3 heterocycles. The Labute approximate surface area is 157 Å². The van der Waals surface area contributed by atoms with E-state index in [9.17, 15) is 4.79 Å². The molecule has 1 fully saturated rings. The number of nitrogens with zero attached hydrogens (tertiary/aromatic N) is 4. The molecule has 0 aliphatic carbocycles. The highest BCUT2D eigenvalue weighted by Gasteiger charge is 2.26.